The highest BCUT2D eigenvalue weighted by Crippen LogP contribution is 2.24. The number of carbonyl (C=O) groups excluding carboxylic acids is 1. The van der Waals surface area contributed by atoms with Crippen LogP contribution in [0.5, 0.6) is 5.75 Å². The molecule has 6 nitrogen and oxygen atoms in total. The third-order valence-electron chi connectivity index (χ3n) is 4.51. The van der Waals surface area contributed by atoms with Crippen LogP contribution in [0.4, 0.5) is 0 Å². The van der Waals surface area contributed by atoms with E-state index in [1.54, 1.807) is 19.4 Å². The number of benzene rings is 2. The Kier molecular flexibility index (Phi) is 5.33. The van der Waals surface area contributed by atoms with Gasteiger partial charge in [0.25, 0.3) is 5.91 Å². The SMILES string of the molecule is COc1ccc(-c2cc(C(=O)N[C@@H](c3ccccc3)c3ccccn3)on2)cc1. The Morgan fingerprint density at radius 3 is 2.45 bits per heavy atom. The van der Waals surface area contributed by atoms with Gasteiger partial charge in [-0.3, -0.25) is 9.78 Å². The van der Waals surface area contributed by atoms with Crippen molar-refractivity contribution in [3.8, 4) is 17.0 Å². The summed E-state index contributed by atoms with van der Waals surface area (Å²) in [6, 6.07) is 23.9. The van der Waals surface area contributed by atoms with E-state index < -0.39 is 6.04 Å². The van der Waals surface area contributed by atoms with Crippen molar-refractivity contribution in [1.29, 1.82) is 0 Å². The molecule has 1 N–H and O–H groups in total. The molecule has 4 rings (SSSR count). The number of rotatable bonds is 6. The van der Waals surface area contributed by atoms with E-state index in [1.807, 2.05) is 72.8 Å². The van der Waals surface area contributed by atoms with Crippen LogP contribution in [0.3, 0.4) is 0 Å². The molecule has 0 saturated heterocycles. The summed E-state index contributed by atoms with van der Waals surface area (Å²) in [7, 11) is 1.61. The van der Waals surface area contributed by atoms with Gasteiger partial charge in [0.1, 0.15) is 11.4 Å². The third kappa shape index (κ3) is 4.16. The van der Waals surface area contributed by atoms with Crippen molar-refractivity contribution < 1.29 is 14.1 Å². The van der Waals surface area contributed by atoms with E-state index in [-0.39, 0.29) is 11.7 Å². The number of aromatic nitrogens is 2. The second-order valence-corrected chi connectivity index (χ2v) is 6.38. The molecule has 2 aromatic carbocycles. The maximum Gasteiger partial charge on any atom is 0.290 e. The van der Waals surface area contributed by atoms with Crippen LogP contribution in [-0.2, 0) is 0 Å². The van der Waals surface area contributed by atoms with Gasteiger partial charge in [-0.25, -0.2) is 0 Å². The minimum atomic E-state index is -0.403. The fraction of sp³-hybridized carbons (Fsp3) is 0.0870. The number of hydrogen-bond acceptors (Lipinski definition) is 5. The molecule has 1 atom stereocenters. The van der Waals surface area contributed by atoms with Crippen molar-refractivity contribution in [1.82, 2.24) is 15.5 Å². The molecule has 0 radical (unpaired) electrons. The average Bonchev–Trinajstić information content (AvgIpc) is 3.29. The third-order valence-corrected chi connectivity index (χ3v) is 4.51. The largest absolute Gasteiger partial charge is 0.497 e. The Hall–Kier alpha value is -3.93. The summed E-state index contributed by atoms with van der Waals surface area (Å²) in [5.41, 5.74) is 3.07. The highest BCUT2D eigenvalue weighted by atomic mass is 16.5. The molecule has 0 bridgehead atoms. The summed E-state index contributed by atoms with van der Waals surface area (Å²) in [5, 5.41) is 7.02. The molecule has 0 unspecified atom stereocenters. The van der Waals surface area contributed by atoms with Crippen molar-refractivity contribution >= 4 is 5.91 Å². The van der Waals surface area contributed by atoms with Crippen LogP contribution >= 0.6 is 0 Å². The molecular weight excluding hydrogens is 366 g/mol. The minimum Gasteiger partial charge on any atom is -0.497 e. The van der Waals surface area contributed by atoms with Crippen molar-refractivity contribution in [2.24, 2.45) is 0 Å². The van der Waals surface area contributed by atoms with Gasteiger partial charge in [-0.05, 0) is 42.0 Å². The summed E-state index contributed by atoms with van der Waals surface area (Å²) >= 11 is 0. The molecule has 2 aromatic heterocycles. The van der Waals surface area contributed by atoms with Gasteiger partial charge >= 0.3 is 0 Å². The van der Waals surface area contributed by atoms with Crippen LogP contribution in [0.15, 0.2) is 89.6 Å². The second-order valence-electron chi connectivity index (χ2n) is 6.38. The van der Waals surface area contributed by atoms with Gasteiger partial charge in [0, 0.05) is 17.8 Å². The van der Waals surface area contributed by atoms with Crippen LogP contribution in [-0.4, -0.2) is 23.2 Å². The van der Waals surface area contributed by atoms with E-state index >= 15 is 0 Å². The summed E-state index contributed by atoms with van der Waals surface area (Å²) in [4.78, 5) is 17.3. The quantitative estimate of drug-likeness (QED) is 0.536. The Balaban J connectivity index is 1.57. The molecule has 0 saturated carbocycles. The number of amides is 1. The van der Waals surface area contributed by atoms with Crippen LogP contribution in [0.2, 0.25) is 0 Å². The van der Waals surface area contributed by atoms with Gasteiger partial charge in [0.15, 0.2) is 0 Å². The summed E-state index contributed by atoms with van der Waals surface area (Å²) in [6.07, 6.45) is 1.70. The first-order valence-corrected chi connectivity index (χ1v) is 9.12. The number of carbonyl (C=O) groups is 1. The zero-order valence-corrected chi connectivity index (χ0v) is 15.8. The molecule has 1 amide bonds. The maximum atomic E-state index is 12.9. The molecular formula is C23H19N3O3. The predicted molar refractivity (Wildman–Crippen MR) is 108 cm³/mol. The van der Waals surface area contributed by atoms with Crippen molar-refractivity contribution in [3.05, 3.63) is 102 Å². The molecule has 4 aromatic rings. The summed E-state index contributed by atoms with van der Waals surface area (Å²) in [5.74, 6) is 0.515. The van der Waals surface area contributed by atoms with Crippen LogP contribution in [0, 0.1) is 0 Å². The average molecular weight is 385 g/mol. The van der Waals surface area contributed by atoms with Crippen LogP contribution < -0.4 is 10.1 Å². The highest BCUT2D eigenvalue weighted by molar-refractivity contribution is 5.92. The molecule has 2 heterocycles. The molecule has 144 valence electrons. The highest BCUT2D eigenvalue weighted by Gasteiger charge is 2.21. The zero-order chi connectivity index (χ0) is 20.1. The van der Waals surface area contributed by atoms with Gasteiger partial charge in [-0.15, -0.1) is 0 Å². The first-order chi connectivity index (χ1) is 14.2. The van der Waals surface area contributed by atoms with Gasteiger partial charge < -0.3 is 14.6 Å². The van der Waals surface area contributed by atoms with E-state index in [4.69, 9.17) is 9.26 Å². The number of nitrogens with one attached hydrogen (secondary N) is 1. The summed E-state index contributed by atoms with van der Waals surface area (Å²) < 4.78 is 10.5. The smallest absolute Gasteiger partial charge is 0.290 e. The molecule has 0 spiro atoms. The van der Waals surface area contributed by atoms with E-state index in [9.17, 15) is 4.79 Å². The Labute approximate surface area is 168 Å². The lowest BCUT2D eigenvalue weighted by molar-refractivity contribution is 0.0905. The van der Waals surface area contributed by atoms with Gasteiger partial charge in [0.2, 0.25) is 5.76 Å². The number of methoxy groups -OCH3 is 1. The van der Waals surface area contributed by atoms with Crippen LogP contribution in [0.25, 0.3) is 11.3 Å². The fourth-order valence-electron chi connectivity index (χ4n) is 3.00. The number of pyridine rings is 1. The molecule has 29 heavy (non-hydrogen) atoms. The Morgan fingerprint density at radius 2 is 1.76 bits per heavy atom. The molecule has 6 heteroatoms. The molecule has 0 aliphatic heterocycles. The van der Waals surface area contributed by atoms with E-state index in [1.165, 1.54) is 0 Å². The Morgan fingerprint density at radius 1 is 1.00 bits per heavy atom. The number of nitrogens with zero attached hydrogens (tertiary/aromatic N) is 2. The van der Waals surface area contributed by atoms with Gasteiger partial charge in [-0.2, -0.15) is 0 Å². The first-order valence-electron chi connectivity index (χ1n) is 9.12. The van der Waals surface area contributed by atoms with Crippen molar-refractivity contribution in [2.45, 2.75) is 6.04 Å². The maximum absolute atomic E-state index is 12.9. The number of hydrogen-bond donors (Lipinski definition) is 1. The lowest BCUT2D eigenvalue weighted by Crippen LogP contribution is -2.29. The van der Waals surface area contributed by atoms with Crippen molar-refractivity contribution in [2.75, 3.05) is 7.11 Å². The zero-order valence-electron chi connectivity index (χ0n) is 15.8. The normalized spacial score (nSPS) is 11.6. The standard InChI is InChI=1S/C23H19N3O3/c1-28-18-12-10-16(11-13-18)20-15-21(29-26-20)23(27)25-22(17-7-3-2-4-8-17)19-9-5-6-14-24-19/h2-15,22H,1H3,(H,25,27)/t22-/m0/s1. The van der Waals surface area contributed by atoms with E-state index in [0.717, 1.165) is 22.6 Å². The number of ether oxygens (including phenoxy) is 1. The van der Waals surface area contributed by atoms with Crippen LogP contribution in [0.1, 0.15) is 27.9 Å². The monoisotopic (exact) mass is 385 g/mol. The minimum absolute atomic E-state index is 0.132. The first kappa shape index (κ1) is 18.4. The van der Waals surface area contributed by atoms with Gasteiger partial charge in [-0.1, -0.05) is 41.6 Å². The molecule has 0 fully saturated rings. The molecule has 0 aliphatic carbocycles. The van der Waals surface area contributed by atoms with Gasteiger partial charge in [0.05, 0.1) is 18.8 Å². The van der Waals surface area contributed by atoms with Crippen molar-refractivity contribution in [3.63, 3.8) is 0 Å². The van der Waals surface area contributed by atoms with E-state index in [2.05, 4.69) is 15.5 Å². The lowest BCUT2D eigenvalue weighted by Gasteiger charge is -2.18. The van der Waals surface area contributed by atoms with E-state index in [0.29, 0.717) is 5.69 Å². The molecule has 0 aliphatic rings. The summed E-state index contributed by atoms with van der Waals surface area (Å²) in [6.45, 7) is 0. The predicted octanol–water partition coefficient (Wildman–Crippen LogP) is 4.26. The Bertz CT molecular complexity index is 1040. The topological polar surface area (TPSA) is 77.2 Å². The fourth-order valence-corrected chi connectivity index (χ4v) is 3.00. The second kappa shape index (κ2) is 8.39. The lowest BCUT2D eigenvalue weighted by atomic mass is 10.0.